The minimum atomic E-state index is -3.37. The fourth-order valence-corrected chi connectivity index (χ4v) is 5.29. The quantitative estimate of drug-likeness (QED) is 0.742. The number of piperidine rings is 1. The first-order valence-corrected chi connectivity index (χ1v) is 11.4. The number of hydrogen-bond donors (Lipinski definition) is 2. The number of carbonyl (C=O) groups is 1. The van der Waals surface area contributed by atoms with Crippen molar-refractivity contribution in [3.8, 4) is 0 Å². The van der Waals surface area contributed by atoms with Gasteiger partial charge in [-0.15, -0.1) is 0 Å². The zero-order valence-corrected chi connectivity index (χ0v) is 17.0. The summed E-state index contributed by atoms with van der Waals surface area (Å²) in [6.07, 6.45) is 5.07. The van der Waals surface area contributed by atoms with E-state index in [1.54, 1.807) is 16.4 Å². The molecule has 2 heterocycles. The first-order chi connectivity index (χ1) is 12.9. The Hall–Kier alpha value is -1.44. The molecule has 0 unspecified atom stereocenters. The summed E-state index contributed by atoms with van der Waals surface area (Å²) in [5, 5.41) is 6.42. The number of carbonyl (C=O) groups excluding carboxylic acids is 1. The second-order valence-corrected chi connectivity index (χ2v) is 10.0. The van der Waals surface area contributed by atoms with Gasteiger partial charge in [-0.2, -0.15) is 4.31 Å². The van der Waals surface area contributed by atoms with Crippen LogP contribution in [0.2, 0.25) is 0 Å². The number of benzene rings is 1. The van der Waals surface area contributed by atoms with Gasteiger partial charge >= 0.3 is 0 Å². The second kappa shape index (κ2) is 8.71. The number of sulfonamides is 1. The van der Waals surface area contributed by atoms with Gasteiger partial charge in [0.05, 0.1) is 4.90 Å². The van der Waals surface area contributed by atoms with Crippen LogP contribution in [0.5, 0.6) is 0 Å². The number of rotatable bonds is 7. The summed E-state index contributed by atoms with van der Waals surface area (Å²) < 4.78 is 26.6. The number of hydrogen-bond acceptors (Lipinski definition) is 4. The fourth-order valence-electron chi connectivity index (χ4n) is 3.77. The largest absolute Gasteiger partial charge is 0.356 e. The number of nitrogens with one attached hydrogen (secondary N) is 2. The summed E-state index contributed by atoms with van der Waals surface area (Å²) in [6, 6.07) is 6.97. The van der Waals surface area contributed by atoms with E-state index in [2.05, 4.69) is 17.6 Å². The molecule has 2 aliphatic rings. The van der Waals surface area contributed by atoms with Crippen LogP contribution >= 0.6 is 0 Å². The van der Waals surface area contributed by atoms with Gasteiger partial charge in [-0.25, -0.2) is 8.42 Å². The fraction of sp³-hybridized carbons (Fsp3) is 0.650. The van der Waals surface area contributed by atoms with E-state index in [1.807, 2.05) is 12.1 Å². The van der Waals surface area contributed by atoms with Crippen molar-refractivity contribution in [1.29, 1.82) is 0 Å². The Morgan fingerprint density at radius 2 is 1.78 bits per heavy atom. The molecule has 27 heavy (non-hydrogen) atoms. The molecule has 2 aliphatic heterocycles. The molecule has 6 nitrogen and oxygen atoms in total. The van der Waals surface area contributed by atoms with Crippen molar-refractivity contribution in [3.63, 3.8) is 0 Å². The van der Waals surface area contributed by atoms with Crippen molar-refractivity contribution in [2.45, 2.75) is 50.3 Å². The zero-order valence-electron chi connectivity index (χ0n) is 16.2. The van der Waals surface area contributed by atoms with Crippen molar-refractivity contribution in [2.24, 2.45) is 5.41 Å². The van der Waals surface area contributed by atoms with Crippen LogP contribution < -0.4 is 10.6 Å². The molecule has 0 bridgehead atoms. The third kappa shape index (κ3) is 5.30. The standard InChI is InChI=1S/C20H31N3O3S/c1-20(10-12-21-13-11-20)16-22-19(24)9-6-17-4-7-18(8-5-17)27(25,26)23-14-2-3-15-23/h4-5,7-8,21H,2-3,6,9-16H2,1H3,(H,22,24). The molecule has 2 saturated heterocycles. The number of nitrogens with zero attached hydrogens (tertiary/aromatic N) is 1. The monoisotopic (exact) mass is 393 g/mol. The molecule has 0 radical (unpaired) electrons. The zero-order chi connectivity index (χ0) is 19.3. The van der Waals surface area contributed by atoms with Crippen molar-refractivity contribution in [1.82, 2.24) is 14.9 Å². The van der Waals surface area contributed by atoms with Gasteiger partial charge in [0, 0.05) is 26.1 Å². The van der Waals surface area contributed by atoms with E-state index in [4.69, 9.17) is 0 Å². The maximum absolute atomic E-state index is 12.5. The molecule has 3 rings (SSSR count). The lowest BCUT2D eigenvalue weighted by Gasteiger charge is -2.34. The molecule has 1 amide bonds. The van der Waals surface area contributed by atoms with Gasteiger partial charge in [0.25, 0.3) is 0 Å². The van der Waals surface area contributed by atoms with Gasteiger partial charge in [0.1, 0.15) is 0 Å². The maximum Gasteiger partial charge on any atom is 0.243 e. The van der Waals surface area contributed by atoms with Crippen LogP contribution in [-0.2, 0) is 21.2 Å². The van der Waals surface area contributed by atoms with Crippen LogP contribution in [0.3, 0.4) is 0 Å². The molecule has 0 atom stereocenters. The van der Waals surface area contributed by atoms with Gasteiger partial charge in [-0.1, -0.05) is 19.1 Å². The van der Waals surface area contributed by atoms with E-state index in [0.29, 0.717) is 30.8 Å². The minimum Gasteiger partial charge on any atom is -0.356 e. The molecule has 0 spiro atoms. The highest BCUT2D eigenvalue weighted by molar-refractivity contribution is 7.89. The molecule has 1 aromatic carbocycles. The van der Waals surface area contributed by atoms with Gasteiger partial charge in [-0.05, 0) is 68.3 Å². The molecular formula is C20H31N3O3S. The Kier molecular flexibility index (Phi) is 6.55. The van der Waals surface area contributed by atoms with Gasteiger partial charge in [-0.3, -0.25) is 4.79 Å². The first-order valence-electron chi connectivity index (χ1n) is 9.96. The van der Waals surface area contributed by atoms with E-state index in [1.165, 1.54) is 0 Å². The maximum atomic E-state index is 12.5. The Morgan fingerprint density at radius 1 is 1.15 bits per heavy atom. The topological polar surface area (TPSA) is 78.5 Å². The van der Waals surface area contributed by atoms with Crippen molar-refractivity contribution >= 4 is 15.9 Å². The lowest BCUT2D eigenvalue weighted by molar-refractivity contribution is -0.121. The lowest BCUT2D eigenvalue weighted by Crippen LogP contribution is -2.42. The first kappa shape index (κ1) is 20.3. The van der Waals surface area contributed by atoms with Crippen molar-refractivity contribution in [2.75, 3.05) is 32.7 Å². The van der Waals surface area contributed by atoms with E-state index in [-0.39, 0.29) is 11.3 Å². The third-order valence-electron chi connectivity index (χ3n) is 5.79. The average molecular weight is 394 g/mol. The summed E-state index contributed by atoms with van der Waals surface area (Å²) in [6.45, 7) is 6.20. The predicted molar refractivity (Wildman–Crippen MR) is 106 cm³/mol. The second-order valence-electron chi connectivity index (χ2n) is 8.09. The summed E-state index contributed by atoms with van der Waals surface area (Å²) >= 11 is 0. The summed E-state index contributed by atoms with van der Waals surface area (Å²) in [5.74, 6) is 0.0588. The van der Waals surface area contributed by atoms with Gasteiger partial charge in [0.2, 0.25) is 15.9 Å². The minimum absolute atomic E-state index is 0.0588. The van der Waals surface area contributed by atoms with E-state index < -0.39 is 10.0 Å². The van der Waals surface area contributed by atoms with E-state index in [0.717, 1.165) is 50.9 Å². The molecule has 0 aliphatic carbocycles. The molecule has 1 aromatic rings. The highest BCUT2D eigenvalue weighted by Gasteiger charge is 2.28. The highest BCUT2D eigenvalue weighted by atomic mass is 32.2. The third-order valence-corrected chi connectivity index (χ3v) is 7.70. The van der Waals surface area contributed by atoms with Crippen LogP contribution in [0.15, 0.2) is 29.2 Å². The highest BCUT2D eigenvalue weighted by Crippen LogP contribution is 2.26. The Bertz CT molecular complexity index is 734. The SMILES string of the molecule is CC1(CNC(=O)CCc2ccc(S(=O)(=O)N3CCCC3)cc2)CCNCC1. The lowest BCUT2D eigenvalue weighted by atomic mass is 9.81. The van der Waals surface area contributed by atoms with Crippen molar-refractivity contribution in [3.05, 3.63) is 29.8 Å². The van der Waals surface area contributed by atoms with Crippen LogP contribution in [0.25, 0.3) is 0 Å². The summed E-state index contributed by atoms with van der Waals surface area (Å²) in [7, 11) is -3.37. The predicted octanol–water partition coefficient (Wildman–Crippen LogP) is 1.91. The Morgan fingerprint density at radius 3 is 2.41 bits per heavy atom. The Balaban J connectivity index is 1.47. The van der Waals surface area contributed by atoms with Gasteiger partial charge < -0.3 is 10.6 Å². The average Bonchev–Trinajstić information content (AvgIpc) is 3.21. The molecule has 7 heteroatoms. The molecule has 2 N–H and O–H groups in total. The van der Waals surface area contributed by atoms with Crippen LogP contribution in [0.4, 0.5) is 0 Å². The molecule has 150 valence electrons. The van der Waals surface area contributed by atoms with Crippen LogP contribution in [-0.4, -0.2) is 51.4 Å². The summed E-state index contributed by atoms with van der Waals surface area (Å²) in [5.41, 5.74) is 1.17. The van der Waals surface area contributed by atoms with E-state index in [9.17, 15) is 13.2 Å². The van der Waals surface area contributed by atoms with Gasteiger partial charge in [0.15, 0.2) is 0 Å². The van der Waals surface area contributed by atoms with Crippen LogP contribution in [0, 0.1) is 5.41 Å². The van der Waals surface area contributed by atoms with E-state index >= 15 is 0 Å². The summed E-state index contributed by atoms with van der Waals surface area (Å²) in [4.78, 5) is 12.5. The molecule has 0 saturated carbocycles. The normalized spacial score (nSPS) is 20.5. The molecule has 0 aromatic heterocycles. The van der Waals surface area contributed by atoms with Crippen LogP contribution in [0.1, 0.15) is 44.6 Å². The number of aryl methyl sites for hydroxylation is 1. The number of amides is 1. The molecular weight excluding hydrogens is 362 g/mol. The smallest absolute Gasteiger partial charge is 0.243 e. The Labute approximate surface area is 162 Å². The molecule has 2 fully saturated rings. The van der Waals surface area contributed by atoms with Crippen molar-refractivity contribution < 1.29 is 13.2 Å².